The van der Waals surface area contributed by atoms with Crippen molar-refractivity contribution in [2.24, 2.45) is 10.9 Å². The Labute approximate surface area is 180 Å². The van der Waals surface area contributed by atoms with Gasteiger partial charge >= 0.3 is 0 Å². The summed E-state index contributed by atoms with van der Waals surface area (Å²) in [5.74, 6) is 2.47. The lowest BCUT2D eigenvalue weighted by Crippen LogP contribution is -2.49. The van der Waals surface area contributed by atoms with Gasteiger partial charge in [-0.15, -0.1) is 24.0 Å². The molecule has 6 nitrogen and oxygen atoms in total. The van der Waals surface area contributed by atoms with E-state index in [1.165, 1.54) is 12.8 Å². The molecule has 2 rings (SSSR count). The van der Waals surface area contributed by atoms with Gasteiger partial charge < -0.3 is 24.5 Å². The third-order valence-electron chi connectivity index (χ3n) is 5.04. The second-order valence-corrected chi connectivity index (χ2v) is 6.83. The first-order valence-corrected chi connectivity index (χ1v) is 9.94. The van der Waals surface area contributed by atoms with Gasteiger partial charge in [-0.2, -0.15) is 0 Å². The Hall–Kier alpha value is -0.800. The smallest absolute Gasteiger partial charge is 0.191 e. The van der Waals surface area contributed by atoms with Crippen LogP contribution in [0.25, 0.3) is 0 Å². The summed E-state index contributed by atoms with van der Waals surface area (Å²) in [5, 5.41) is 7.02. The molecular weight excluding hydrogens is 457 g/mol. The number of hydrogen-bond acceptors (Lipinski definition) is 4. The molecule has 1 saturated heterocycles. The van der Waals surface area contributed by atoms with E-state index in [1.807, 2.05) is 12.1 Å². The van der Waals surface area contributed by atoms with Gasteiger partial charge in [0.1, 0.15) is 5.76 Å². The van der Waals surface area contributed by atoms with E-state index < -0.39 is 0 Å². The predicted molar refractivity (Wildman–Crippen MR) is 120 cm³/mol. The van der Waals surface area contributed by atoms with Gasteiger partial charge in [0.25, 0.3) is 0 Å². The summed E-state index contributed by atoms with van der Waals surface area (Å²) in [7, 11) is 1.70. The molecule has 2 heterocycles. The SMILES string of the molecule is CCC(CC)C1CC(NC(=NCCOC)NCCc2ccco2)CCO1.I. The molecule has 0 aliphatic carbocycles. The minimum absolute atomic E-state index is 0. The van der Waals surface area contributed by atoms with Crippen molar-refractivity contribution in [1.29, 1.82) is 0 Å². The van der Waals surface area contributed by atoms with Crippen LogP contribution in [0.15, 0.2) is 27.8 Å². The number of methoxy groups -OCH3 is 1. The van der Waals surface area contributed by atoms with Gasteiger partial charge in [0.2, 0.25) is 0 Å². The fourth-order valence-corrected chi connectivity index (χ4v) is 3.46. The number of hydrogen-bond donors (Lipinski definition) is 2. The number of guanidine groups is 1. The standard InChI is InChI=1S/C20H35N3O3.HI/c1-4-16(5-2)19-15-17(9-13-26-19)23-20(22-11-14-24-3)21-10-8-18-7-6-12-25-18;/h6-7,12,16-17,19H,4-5,8-11,13-15H2,1-3H3,(H2,21,22,23);1H. The molecule has 1 aromatic heterocycles. The summed E-state index contributed by atoms with van der Waals surface area (Å²) in [4.78, 5) is 4.63. The van der Waals surface area contributed by atoms with E-state index in [0.29, 0.717) is 31.2 Å². The first kappa shape index (κ1) is 24.2. The van der Waals surface area contributed by atoms with Crippen LogP contribution in [0.1, 0.15) is 45.3 Å². The molecule has 2 unspecified atom stereocenters. The van der Waals surface area contributed by atoms with Crippen LogP contribution in [0.3, 0.4) is 0 Å². The van der Waals surface area contributed by atoms with Crippen LogP contribution >= 0.6 is 24.0 Å². The molecule has 156 valence electrons. The van der Waals surface area contributed by atoms with Gasteiger partial charge in [0.15, 0.2) is 5.96 Å². The van der Waals surface area contributed by atoms with Gasteiger partial charge in [-0.05, 0) is 30.9 Å². The van der Waals surface area contributed by atoms with E-state index in [9.17, 15) is 0 Å². The van der Waals surface area contributed by atoms with E-state index in [-0.39, 0.29) is 24.0 Å². The lowest BCUT2D eigenvalue weighted by atomic mass is 9.89. The Kier molecular flexibility index (Phi) is 12.8. The second-order valence-electron chi connectivity index (χ2n) is 6.83. The lowest BCUT2D eigenvalue weighted by Gasteiger charge is -2.35. The van der Waals surface area contributed by atoms with Gasteiger partial charge in [-0.1, -0.05) is 26.7 Å². The second kappa shape index (κ2) is 14.2. The van der Waals surface area contributed by atoms with E-state index in [0.717, 1.165) is 44.1 Å². The van der Waals surface area contributed by atoms with Crippen molar-refractivity contribution in [3.05, 3.63) is 24.2 Å². The van der Waals surface area contributed by atoms with Crippen LogP contribution in [0.5, 0.6) is 0 Å². The van der Waals surface area contributed by atoms with Crippen molar-refractivity contribution in [3.8, 4) is 0 Å². The van der Waals surface area contributed by atoms with Crippen LogP contribution < -0.4 is 10.6 Å². The zero-order chi connectivity index (χ0) is 18.6. The van der Waals surface area contributed by atoms with E-state index in [4.69, 9.17) is 13.9 Å². The van der Waals surface area contributed by atoms with Gasteiger partial charge in [-0.3, -0.25) is 4.99 Å². The number of ether oxygens (including phenoxy) is 2. The molecule has 0 amide bonds. The van der Waals surface area contributed by atoms with E-state index in [1.54, 1.807) is 13.4 Å². The van der Waals surface area contributed by atoms with Crippen LogP contribution in [0, 0.1) is 5.92 Å². The summed E-state index contributed by atoms with van der Waals surface area (Å²) in [5.41, 5.74) is 0. The third-order valence-corrected chi connectivity index (χ3v) is 5.04. The lowest BCUT2D eigenvalue weighted by molar-refractivity contribution is -0.0324. The first-order chi connectivity index (χ1) is 12.8. The average molecular weight is 493 g/mol. The highest BCUT2D eigenvalue weighted by Gasteiger charge is 2.28. The van der Waals surface area contributed by atoms with Gasteiger partial charge in [0.05, 0.1) is 25.5 Å². The van der Waals surface area contributed by atoms with Crippen LogP contribution in [-0.2, 0) is 15.9 Å². The summed E-state index contributed by atoms with van der Waals surface area (Å²) < 4.78 is 16.5. The maximum absolute atomic E-state index is 6.03. The van der Waals surface area contributed by atoms with Crippen molar-refractivity contribution >= 4 is 29.9 Å². The average Bonchev–Trinajstić information content (AvgIpc) is 3.17. The van der Waals surface area contributed by atoms with Crippen LogP contribution in [0.4, 0.5) is 0 Å². The van der Waals surface area contributed by atoms with Crippen molar-refractivity contribution in [1.82, 2.24) is 10.6 Å². The molecule has 1 aliphatic rings. The Morgan fingerprint density at radius 3 is 2.85 bits per heavy atom. The largest absolute Gasteiger partial charge is 0.469 e. The molecule has 1 aromatic rings. The zero-order valence-electron chi connectivity index (χ0n) is 16.9. The molecule has 0 saturated carbocycles. The quantitative estimate of drug-likeness (QED) is 0.226. The van der Waals surface area contributed by atoms with Gasteiger partial charge in [0, 0.05) is 32.7 Å². The topological polar surface area (TPSA) is 68.0 Å². The maximum atomic E-state index is 6.03. The molecule has 0 aromatic carbocycles. The molecule has 7 heteroatoms. The highest BCUT2D eigenvalue weighted by molar-refractivity contribution is 14.0. The summed E-state index contributed by atoms with van der Waals surface area (Å²) in [6.45, 7) is 7.37. The zero-order valence-corrected chi connectivity index (χ0v) is 19.2. The third kappa shape index (κ3) is 8.83. The number of rotatable bonds is 10. The minimum Gasteiger partial charge on any atom is -0.469 e. The molecule has 1 aliphatic heterocycles. The Balaban J connectivity index is 0.00000364. The Morgan fingerprint density at radius 2 is 2.19 bits per heavy atom. The van der Waals surface area contributed by atoms with Crippen molar-refractivity contribution in [3.63, 3.8) is 0 Å². The van der Waals surface area contributed by atoms with Crippen LogP contribution in [-0.4, -0.2) is 51.5 Å². The monoisotopic (exact) mass is 493 g/mol. The van der Waals surface area contributed by atoms with Crippen LogP contribution in [0.2, 0.25) is 0 Å². The fraction of sp³-hybridized carbons (Fsp3) is 0.750. The number of nitrogens with one attached hydrogen (secondary N) is 2. The molecule has 2 atom stereocenters. The fourth-order valence-electron chi connectivity index (χ4n) is 3.46. The van der Waals surface area contributed by atoms with Crippen molar-refractivity contribution in [2.45, 2.75) is 58.1 Å². The minimum atomic E-state index is 0. The molecule has 2 N–H and O–H groups in total. The molecule has 0 bridgehead atoms. The predicted octanol–water partition coefficient (Wildman–Crippen LogP) is 3.61. The summed E-state index contributed by atoms with van der Waals surface area (Å²) in [6.07, 6.45) is 7.28. The Bertz CT molecular complexity index is 507. The summed E-state index contributed by atoms with van der Waals surface area (Å²) in [6, 6.07) is 4.31. The van der Waals surface area contributed by atoms with Crippen molar-refractivity contribution in [2.75, 3.05) is 33.4 Å². The highest BCUT2D eigenvalue weighted by atomic mass is 127. The van der Waals surface area contributed by atoms with Gasteiger partial charge in [-0.25, -0.2) is 0 Å². The number of aliphatic imine (C=N–C) groups is 1. The number of halogens is 1. The number of nitrogens with zero attached hydrogens (tertiary/aromatic N) is 1. The molecular formula is C20H36IN3O3. The number of furan rings is 1. The summed E-state index contributed by atoms with van der Waals surface area (Å²) >= 11 is 0. The Morgan fingerprint density at radius 1 is 1.37 bits per heavy atom. The molecule has 1 fully saturated rings. The molecule has 27 heavy (non-hydrogen) atoms. The maximum Gasteiger partial charge on any atom is 0.191 e. The first-order valence-electron chi connectivity index (χ1n) is 9.94. The van der Waals surface area contributed by atoms with E-state index >= 15 is 0 Å². The molecule has 0 spiro atoms. The normalized spacial score (nSPS) is 20.4. The molecule has 0 radical (unpaired) electrons. The highest BCUT2D eigenvalue weighted by Crippen LogP contribution is 2.25. The van der Waals surface area contributed by atoms with E-state index in [2.05, 4.69) is 29.5 Å². The van der Waals surface area contributed by atoms with Crippen molar-refractivity contribution < 1.29 is 13.9 Å².